The van der Waals surface area contributed by atoms with Gasteiger partial charge >= 0.3 is 0 Å². The Morgan fingerprint density at radius 2 is 2.06 bits per heavy atom. The summed E-state index contributed by atoms with van der Waals surface area (Å²) in [5.74, 6) is 1.03. The van der Waals surface area contributed by atoms with Crippen LogP contribution < -0.4 is 21.3 Å². The van der Waals surface area contributed by atoms with Gasteiger partial charge in [-0.2, -0.15) is 0 Å². The SMILES string of the molecule is CN=C(NCc1cccnc1N1CCC(C(N)=O)CC1)NC(C)c1ccc(C)c(F)c1.I. The average Bonchev–Trinajstić information content (AvgIpc) is 2.78. The maximum Gasteiger partial charge on any atom is 0.220 e. The summed E-state index contributed by atoms with van der Waals surface area (Å²) in [6.45, 7) is 5.75. The Hall–Kier alpha value is -2.43. The Morgan fingerprint density at radius 1 is 1.34 bits per heavy atom. The third-order valence-electron chi connectivity index (χ3n) is 5.78. The van der Waals surface area contributed by atoms with E-state index in [1.165, 1.54) is 0 Å². The van der Waals surface area contributed by atoms with Crippen molar-refractivity contribution in [3.63, 3.8) is 0 Å². The second-order valence-electron chi connectivity index (χ2n) is 7.95. The number of aromatic nitrogens is 1. The van der Waals surface area contributed by atoms with E-state index in [-0.39, 0.29) is 47.7 Å². The predicted octanol–water partition coefficient (Wildman–Crippen LogP) is 3.28. The van der Waals surface area contributed by atoms with E-state index in [1.54, 1.807) is 32.3 Å². The number of aliphatic imine (C=N–C) groups is 1. The van der Waals surface area contributed by atoms with Crippen LogP contribution in [0.1, 0.15) is 42.5 Å². The van der Waals surface area contributed by atoms with Crippen LogP contribution in [0.5, 0.6) is 0 Å². The molecule has 4 N–H and O–H groups in total. The molecule has 1 fully saturated rings. The number of hydrogen-bond donors (Lipinski definition) is 3. The molecule has 3 rings (SSSR count). The number of carbonyl (C=O) groups is 1. The summed E-state index contributed by atoms with van der Waals surface area (Å²) in [5, 5.41) is 6.63. The van der Waals surface area contributed by atoms with E-state index in [0.717, 1.165) is 42.9 Å². The maximum atomic E-state index is 13.9. The molecule has 7 nitrogen and oxygen atoms in total. The van der Waals surface area contributed by atoms with Crippen LogP contribution in [0.15, 0.2) is 41.5 Å². The van der Waals surface area contributed by atoms with Crippen molar-refractivity contribution in [1.29, 1.82) is 0 Å². The van der Waals surface area contributed by atoms with Crippen molar-refractivity contribution in [2.75, 3.05) is 25.0 Å². The zero-order chi connectivity index (χ0) is 22.4. The fourth-order valence-electron chi connectivity index (χ4n) is 3.77. The molecule has 0 saturated carbocycles. The summed E-state index contributed by atoms with van der Waals surface area (Å²) in [7, 11) is 1.70. The number of piperidine rings is 1. The minimum atomic E-state index is -0.222. The van der Waals surface area contributed by atoms with Gasteiger partial charge in [-0.3, -0.25) is 9.79 Å². The topological polar surface area (TPSA) is 95.6 Å². The lowest BCUT2D eigenvalue weighted by molar-refractivity contribution is -0.122. The smallest absolute Gasteiger partial charge is 0.220 e. The lowest BCUT2D eigenvalue weighted by Gasteiger charge is -2.32. The van der Waals surface area contributed by atoms with Crippen molar-refractivity contribution in [2.45, 2.75) is 39.3 Å². The molecule has 32 heavy (non-hydrogen) atoms. The minimum Gasteiger partial charge on any atom is -0.369 e. The van der Waals surface area contributed by atoms with E-state index in [4.69, 9.17) is 5.73 Å². The van der Waals surface area contributed by atoms with Gasteiger partial charge in [0.15, 0.2) is 5.96 Å². The van der Waals surface area contributed by atoms with Crippen molar-refractivity contribution in [1.82, 2.24) is 15.6 Å². The molecular formula is C23H32FIN6O. The number of rotatable bonds is 6. The van der Waals surface area contributed by atoms with Gasteiger partial charge in [0.25, 0.3) is 0 Å². The molecule has 1 amide bonds. The van der Waals surface area contributed by atoms with Crippen molar-refractivity contribution in [2.24, 2.45) is 16.6 Å². The van der Waals surface area contributed by atoms with E-state index < -0.39 is 0 Å². The fraction of sp³-hybridized carbons (Fsp3) is 0.435. The molecule has 0 spiro atoms. The van der Waals surface area contributed by atoms with Crippen LogP contribution in [0.4, 0.5) is 10.2 Å². The third-order valence-corrected chi connectivity index (χ3v) is 5.78. The summed E-state index contributed by atoms with van der Waals surface area (Å²) in [6.07, 6.45) is 3.26. The molecule has 1 atom stereocenters. The highest BCUT2D eigenvalue weighted by Gasteiger charge is 2.25. The number of nitrogens with two attached hydrogens (primary N) is 1. The molecule has 1 unspecified atom stereocenters. The third kappa shape index (κ3) is 6.54. The van der Waals surface area contributed by atoms with Gasteiger partial charge in [-0.15, -0.1) is 24.0 Å². The number of nitrogens with zero attached hydrogens (tertiary/aromatic N) is 3. The molecule has 0 bridgehead atoms. The zero-order valence-corrected chi connectivity index (χ0v) is 21.1. The van der Waals surface area contributed by atoms with Gasteiger partial charge < -0.3 is 21.3 Å². The van der Waals surface area contributed by atoms with E-state index >= 15 is 0 Å². The number of hydrogen-bond acceptors (Lipinski definition) is 4. The number of nitrogens with one attached hydrogen (secondary N) is 2. The van der Waals surface area contributed by atoms with Crippen LogP contribution in [-0.2, 0) is 11.3 Å². The van der Waals surface area contributed by atoms with Crippen molar-refractivity contribution in [3.8, 4) is 0 Å². The second-order valence-corrected chi connectivity index (χ2v) is 7.95. The van der Waals surface area contributed by atoms with Crippen LogP contribution in [0.25, 0.3) is 0 Å². The van der Waals surface area contributed by atoms with E-state index in [2.05, 4.69) is 25.5 Å². The van der Waals surface area contributed by atoms with Gasteiger partial charge in [0.2, 0.25) is 5.91 Å². The Kier molecular flexibility index (Phi) is 9.67. The summed E-state index contributed by atoms with van der Waals surface area (Å²) < 4.78 is 13.9. The molecule has 0 radical (unpaired) electrons. The van der Waals surface area contributed by atoms with Crippen LogP contribution in [0, 0.1) is 18.7 Å². The molecule has 9 heteroatoms. The van der Waals surface area contributed by atoms with Crippen LogP contribution in [-0.4, -0.2) is 37.0 Å². The zero-order valence-electron chi connectivity index (χ0n) is 18.8. The Balaban J connectivity index is 0.00000363. The highest BCUT2D eigenvalue weighted by molar-refractivity contribution is 14.0. The molecule has 1 aliphatic heterocycles. The summed E-state index contributed by atoms with van der Waals surface area (Å²) in [6, 6.07) is 9.07. The number of primary amides is 1. The first-order valence-corrected chi connectivity index (χ1v) is 10.6. The Morgan fingerprint density at radius 3 is 2.69 bits per heavy atom. The average molecular weight is 554 g/mol. The van der Waals surface area contributed by atoms with E-state index in [0.29, 0.717) is 18.1 Å². The van der Waals surface area contributed by atoms with Crippen molar-refractivity contribution in [3.05, 3.63) is 59.0 Å². The summed E-state index contributed by atoms with van der Waals surface area (Å²) in [5.41, 5.74) is 7.97. The maximum absolute atomic E-state index is 13.9. The molecule has 1 aromatic carbocycles. The van der Waals surface area contributed by atoms with Gasteiger partial charge in [0.05, 0.1) is 6.04 Å². The van der Waals surface area contributed by atoms with Crippen molar-refractivity contribution >= 4 is 41.7 Å². The number of carbonyl (C=O) groups excluding carboxylic acids is 1. The number of anilines is 1. The summed E-state index contributed by atoms with van der Waals surface area (Å²) in [4.78, 5) is 22.5. The van der Waals surface area contributed by atoms with Gasteiger partial charge in [-0.05, 0) is 49.9 Å². The lowest BCUT2D eigenvalue weighted by atomic mass is 9.96. The number of aryl methyl sites for hydroxylation is 1. The molecule has 1 aliphatic rings. The van der Waals surface area contributed by atoms with Crippen molar-refractivity contribution < 1.29 is 9.18 Å². The quantitative estimate of drug-likeness (QED) is 0.290. The Bertz CT molecular complexity index is 946. The summed E-state index contributed by atoms with van der Waals surface area (Å²) >= 11 is 0. The largest absolute Gasteiger partial charge is 0.369 e. The highest BCUT2D eigenvalue weighted by Crippen LogP contribution is 2.24. The fourth-order valence-corrected chi connectivity index (χ4v) is 3.77. The number of benzene rings is 1. The monoisotopic (exact) mass is 554 g/mol. The molecule has 1 saturated heterocycles. The van der Waals surface area contributed by atoms with Crippen LogP contribution >= 0.6 is 24.0 Å². The molecule has 2 heterocycles. The minimum absolute atomic E-state index is 0. The van der Waals surface area contributed by atoms with Gasteiger partial charge in [0.1, 0.15) is 11.6 Å². The first-order valence-electron chi connectivity index (χ1n) is 10.6. The number of amides is 1. The molecule has 1 aromatic heterocycles. The second kappa shape index (κ2) is 12.0. The number of halogens is 2. The highest BCUT2D eigenvalue weighted by atomic mass is 127. The standard InChI is InChI=1S/C23H31FN6O.HI/c1-15-6-7-18(13-20(15)24)16(2)29-23(26-3)28-14-19-5-4-10-27-22(19)30-11-8-17(9-12-30)21(25)31;/h4-7,10,13,16-17H,8-9,11-12,14H2,1-3H3,(H2,25,31)(H2,26,28,29);1H. The van der Waals surface area contributed by atoms with E-state index in [1.807, 2.05) is 25.1 Å². The predicted molar refractivity (Wildman–Crippen MR) is 137 cm³/mol. The number of pyridine rings is 1. The molecular weight excluding hydrogens is 522 g/mol. The molecule has 174 valence electrons. The van der Waals surface area contributed by atoms with Gasteiger partial charge in [0, 0.05) is 44.4 Å². The lowest BCUT2D eigenvalue weighted by Crippen LogP contribution is -2.40. The molecule has 2 aromatic rings. The van der Waals surface area contributed by atoms with Crippen LogP contribution in [0.3, 0.4) is 0 Å². The van der Waals surface area contributed by atoms with Gasteiger partial charge in [-0.1, -0.05) is 18.2 Å². The van der Waals surface area contributed by atoms with Crippen LogP contribution in [0.2, 0.25) is 0 Å². The van der Waals surface area contributed by atoms with Gasteiger partial charge in [-0.25, -0.2) is 9.37 Å². The molecule has 0 aliphatic carbocycles. The first-order chi connectivity index (χ1) is 14.9. The number of guanidine groups is 1. The Labute approximate surface area is 206 Å². The normalized spacial score (nSPS) is 15.6. The van der Waals surface area contributed by atoms with E-state index in [9.17, 15) is 9.18 Å². The first kappa shape index (κ1) is 25.8.